The molecule has 0 bridgehead atoms. The van der Waals surface area contributed by atoms with Crippen LogP contribution >= 0.6 is 0 Å². The zero-order valence-corrected chi connectivity index (χ0v) is 12.7. The summed E-state index contributed by atoms with van der Waals surface area (Å²) in [6, 6.07) is 1.26. The van der Waals surface area contributed by atoms with Gasteiger partial charge in [0.15, 0.2) is 0 Å². The normalized spacial score (nSPS) is 19.7. The number of nitrogens with one attached hydrogen (secondary N) is 1. The molecule has 3 heteroatoms. The second kappa shape index (κ2) is 7.46. The first-order chi connectivity index (χ1) is 8.49. The smallest absolute Gasteiger partial charge is 0.0558 e. The van der Waals surface area contributed by atoms with Crippen LogP contribution in [0.2, 0.25) is 0 Å². The van der Waals surface area contributed by atoms with Crippen LogP contribution in [0.1, 0.15) is 52.9 Å². The Kier molecular flexibility index (Phi) is 6.61. The number of hydrogen-bond acceptors (Lipinski definition) is 3. The van der Waals surface area contributed by atoms with Crippen molar-refractivity contribution in [3.05, 3.63) is 0 Å². The molecule has 18 heavy (non-hydrogen) atoms. The molecule has 1 aliphatic carbocycles. The zero-order valence-electron chi connectivity index (χ0n) is 12.7. The summed E-state index contributed by atoms with van der Waals surface area (Å²) in [5.41, 5.74) is 0.301. The summed E-state index contributed by atoms with van der Waals surface area (Å²) in [6.07, 6.45) is 6.53. The van der Waals surface area contributed by atoms with E-state index in [4.69, 9.17) is 0 Å². The minimum Gasteiger partial charge on any atom is -0.395 e. The predicted molar refractivity (Wildman–Crippen MR) is 77.8 cm³/mol. The molecule has 1 unspecified atom stereocenters. The van der Waals surface area contributed by atoms with Gasteiger partial charge < -0.3 is 10.4 Å². The lowest BCUT2D eigenvalue weighted by atomic mass is 9.84. The standard InChI is InChI=1S/C15H32N2O/c1-15(2,3)14(16-4)9-10-17(11-12-18)13-7-5-6-8-13/h13-14,16,18H,5-12H2,1-4H3. The maximum Gasteiger partial charge on any atom is 0.0558 e. The fourth-order valence-corrected chi connectivity index (χ4v) is 3.18. The van der Waals surface area contributed by atoms with Crippen molar-refractivity contribution in [3.63, 3.8) is 0 Å². The lowest BCUT2D eigenvalue weighted by Crippen LogP contribution is -2.43. The van der Waals surface area contributed by atoms with Gasteiger partial charge in [-0.3, -0.25) is 4.90 Å². The Morgan fingerprint density at radius 1 is 1.22 bits per heavy atom. The molecule has 0 saturated heterocycles. The molecular weight excluding hydrogens is 224 g/mol. The van der Waals surface area contributed by atoms with Crippen LogP contribution in [0.3, 0.4) is 0 Å². The lowest BCUT2D eigenvalue weighted by molar-refractivity contribution is 0.135. The quantitative estimate of drug-likeness (QED) is 0.733. The van der Waals surface area contributed by atoms with Crippen molar-refractivity contribution < 1.29 is 5.11 Å². The van der Waals surface area contributed by atoms with Gasteiger partial charge in [-0.15, -0.1) is 0 Å². The molecule has 0 heterocycles. The fraction of sp³-hybridized carbons (Fsp3) is 1.00. The number of rotatable bonds is 7. The molecule has 0 aromatic carbocycles. The number of aliphatic hydroxyl groups is 1. The van der Waals surface area contributed by atoms with Crippen molar-refractivity contribution in [1.82, 2.24) is 10.2 Å². The molecule has 3 nitrogen and oxygen atoms in total. The van der Waals surface area contributed by atoms with Crippen molar-refractivity contribution in [2.75, 3.05) is 26.7 Å². The van der Waals surface area contributed by atoms with E-state index in [0.717, 1.165) is 25.6 Å². The molecule has 0 spiro atoms. The molecular formula is C15H32N2O. The monoisotopic (exact) mass is 256 g/mol. The molecule has 2 N–H and O–H groups in total. The molecule has 1 saturated carbocycles. The van der Waals surface area contributed by atoms with Crippen LogP contribution < -0.4 is 5.32 Å². The second-order valence-electron chi connectivity index (χ2n) is 6.69. The summed E-state index contributed by atoms with van der Waals surface area (Å²) in [5, 5.41) is 12.7. The minimum atomic E-state index is 0.288. The van der Waals surface area contributed by atoms with E-state index in [0.29, 0.717) is 11.5 Å². The third kappa shape index (κ3) is 4.87. The van der Waals surface area contributed by atoms with Gasteiger partial charge in [0.05, 0.1) is 6.61 Å². The number of aliphatic hydroxyl groups excluding tert-OH is 1. The first kappa shape index (κ1) is 15.9. The van der Waals surface area contributed by atoms with Gasteiger partial charge in [-0.2, -0.15) is 0 Å². The molecule has 1 rings (SSSR count). The maximum atomic E-state index is 9.22. The summed E-state index contributed by atoms with van der Waals surface area (Å²) in [6.45, 7) is 9.11. The average Bonchev–Trinajstić information content (AvgIpc) is 2.80. The van der Waals surface area contributed by atoms with Crippen LogP contribution in [-0.2, 0) is 0 Å². The van der Waals surface area contributed by atoms with E-state index in [1.165, 1.54) is 25.7 Å². The first-order valence-electron chi connectivity index (χ1n) is 7.51. The number of hydrogen-bond donors (Lipinski definition) is 2. The Hall–Kier alpha value is -0.120. The van der Waals surface area contributed by atoms with Gasteiger partial charge in [-0.25, -0.2) is 0 Å². The van der Waals surface area contributed by atoms with Crippen LogP contribution in [0, 0.1) is 5.41 Å². The van der Waals surface area contributed by atoms with Gasteiger partial charge in [-0.1, -0.05) is 33.6 Å². The van der Waals surface area contributed by atoms with Crippen molar-refractivity contribution in [2.24, 2.45) is 5.41 Å². The van der Waals surface area contributed by atoms with Gasteiger partial charge in [0.1, 0.15) is 0 Å². The van der Waals surface area contributed by atoms with E-state index in [-0.39, 0.29) is 6.61 Å². The summed E-state index contributed by atoms with van der Waals surface area (Å²) >= 11 is 0. The maximum absolute atomic E-state index is 9.22. The van der Waals surface area contributed by atoms with Crippen molar-refractivity contribution >= 4 is 0 Å². The van der Waals surface area contributed by atoms with Crippen molar-refractivity contribution in [2.45, 2.75) is 65.0 Å². The molecule has 0 aromatic rings. The van der Waals surface area contributed by atoms with Gasteiger partial charge in [0.2, 0.25) is 0 Å². The van der Waals surface area contributed by atoms with Crippen LogP contribution in [0.15, 0.2) is 0 Å². The van der Waals surface area contributed by atoms with E-state index in [1.807, 2.05) is 0 Å². The van der Waals surface area contributed by atoms with E-state index < -0.39 is 0 Å². The Labute approximate surface area is 113 Å². The highest BCUT2D eigenvalue weighted by Gasteiger charge is 2.26. The van der Waals surface area contributed by atoms with E-state index in [2.05, 4.69) is 38.0 Å². The summed E-state index contributed by atoms with van der Waals surface area (Å²) in [7, 11) is 2.06. The van der Waals surface area contributed by atoms with Crippen LogP contribution in [0.4, 0.5) is 0 Å². The van der Waals surface area contributed by atoms with Gasteiger partial charge in [0, 0.05) is 25.2 Å². The topological polar surface area (TPSA) is 35.5 Å². The Morgan fingerprint density at radius 2 is 1.83 bits per heavy atom. The molecule has 108 valence electrons. The third-order valence-corrected chi connectivity index (χ3v) is 4.33. The van der Waals surface area contributed by atoms with Crippen molar-refractivity contribution in [1.29, 1.82) is 0 Å². The van der Waals surface area contributed by atoms with Gasteiger partial charge in [-0.05, 0) is 31.7 Å². The average molecular weight is 256 g/mol. The lowest BCUT2D eigenvalue weighted by Gasteiger charge is -2.34. The summed E-state index contributed by atoms with van der Waals surface area (Å²) in [5.74, 6) is 0. The third-order valence-electron chi connectivity index (χ3n) is 4.33. The first-order valence-corrected chi connectivity index (χ1v) is 7.51. The van der Waals surface area contributed by atoms with Crippen LogP contribution in [0.5, 0.6) is 0 Å². The summed E-state index contributed by atoms with van der Waals surface area (Å²) < 4.78 is 0. The van der Waals surface area contributed by atoms with Crippen LogP contribution in [-0.4, -0.2) is 48.8 Å². The van der Waals surface area contributed by atoms with E-state index in [1.54, 1.807) is 0 Å². The van der Waals surface area contributed by atoms with E-state index >= 15 is 0 Å². The molecule has 0 radical (unpaired) electrons. The molecule has 0 aromatic heterocycles. The molecule has 0 amide bonds. The van der Waals surface area contributed by atoms with Crippen LogP contribution in [0.25, 0.3) is 0 Å². The Bertz CT molecular complexity index is 219. The Morgan fingerprint density at radius 3 is 2.28 bits per heavy atom. The van der Waals surface area contributed by atoms with Gasteiger partial charge >= 0.3 is 0 Å². The SMILES string of the molecule is CNC(CCN(CCO)C1CCCC1)C(C)(C)C. The zero-order chi connectivity index (χ0) is 13.6. The minimum absolute atomic E-state index is 0.288. The second-order valence-corrected chi connectivity index (χ2v) is 6.69. The predicted octanol–water partition coefficient (Wildman–Crippen LogP) is 2.25. The highest BCUT2D eigenvalue weighted by atomic mass is 16.3. The van der Waals surface area contributed by atoms with E-state index in [9.17, 15) is 5.11 Å². The summed E-state index contributed by atoms with van der Waals surface area (Å²) in [4.78, 5) is 2.50. The molecule has 0 aliphatic heterocycles. The largest absolute Gasteiger partial charge is 0.395 e. The van der Waals surface area contributed by atoms with Gasteiger partial charge in [0.25, 0.3) is 0 Å². The highest BCUT2D eigenvalue weighted by molar-refractivity contribution is 4.83. The highest BCUT2D eigenvalue weighted by Crippen LogP contribution is 2.26. The fourth-order valence-electron chi connectivity index (χ4n) is 3.18. The molecule has 1 fully saturated rings. The molecule has 1 atom stereocenters. The molecule has 1 aliphatic rings. The Balaban J connectivity index is 2.45. The number of nitrogens with zero attached hydrogens (tertiary/aromatic N) is 1. The van der Waals surface area contributed by atoms with Crippen molar-refractivity contribution in [3.8, 4) is 0 Å².